The molecule has 2 aliphatic rings. The molecular weight excluding hydrogens is 278 g/mol. The zero-order valence-electron chi connectivity index (χ0n) is 13.0. The van der Waals surface area contributed by atoms with Gasteiger partial charge in [-0.2, -0.15) is 0 Å². The molecule has 22 heavy (non-hydrogen) atoms. The summed E-state index contributed by atoms with van der Waals surface area (Å²) >= 11 is 0. The van der Waals surface area contributed by atoms with Crippen LogP contribution in [0.4, 0.5) is 0 Å². The van der Waals surface area contributed by atoms with Crippen molar-refractivity contribution in [3.63, 3.8) is 0 Å². The van der Waals surface area contributed by atoms with E-state index in [2.05, 4.69) is 4.98 Å². The van der Waals surface area contributed by atoms with E-state index in [0.717, 1.165) is 38.5 Å². The molecule has 4 nitrogen and oxygen atoms in total. The number of pyridine rings is 1. The summed E-state index contributed by atoms with van der Waals surface area (Å²) in [5.74, 6) is 1.05. The monoisotopic (exact) mass is 303 g/mol. The molecule has 4 atom stereocenters. The Balaban J connectivity index is 1.39. The molecule has 0 aliphatic heterocycles. The van der Waals surface area contributed by atoms with Crippen LogP contribution in [0.25, 0.3) is 0 Å². The summed E-state index contributed by atoms with van der Waals surface area (Å²) in [4.78, 5) is 16.2. The second-order valence-electron chi connectivity index (χ2n) is 6.89. The van der Waals surface area contributed by atoms with Crippen LogP contribution < -0.4 is 0 Å². The predicted molar refractivity (Wildman–Crippen MR) is 83.1 cm³/mol. The number of esters is 1. The quantitative estimate of drug-likeness (QED) is 0.671. The summed E-state index contributed by atoms with van der Waals surface area (Å²) in [6, 6.07) is 3.99. The topological polar surface area (TPSA) is 59.4 Å². The van der Waals surface area contributed by atoms with Crippen molar-refractivity contribution in [2.75, 3.05) is 6.61 Å². The Morgan fingerprint density at radius 3 is 2.50 bits per heavy atom. The number of hydrogen-bond donors (Lipinski definition) is 1. The van der Waals surface area contributed by atoms with Gasteiger partial charge in [0.15, 0.2) is 0 Å². The van der Waals surface area contributed by atoms with Crippen molar-refractivity contribution in [3.8, 4) is 0 Å². The molecule has 120 valence electrons. The van der Waals surface area contributed by atoms with E-state index < -0.39 is 0 Å². The molecule has 2 aliphatic carbocycles. The van der Waals surface area contributed by atoms with Crippen LogP contribution in [0.15, 0.2) is 24.5 Å². The second-order valence-corrected chi connectivity index (χ2v) is 6.89. The summed E-state index contributed by atoms with van der Waals surface area (Å²) in [6.45, 7) is 0.496. The maximum atomic E-state index is 12.2. The van der Waals surface area contributed by atoms with E-state index in [1.807, 2.05) is 12.1 Å². The van der Waals surface area contributed by atoms with E-state index >= 15 is 0 Å². The van der Waals surface area contributed by atoms with Gasteiger partial charge in [-0.1, -0.05) is 0 Å². The van der Waals surface area contributed by atoms with Crippen molar-refractivity contribution < 1.29 is 14.6 Å². The highest BCUT2D eigenvalue weighted by Gasteiger charge is 2.38. The van der Waals surface area contributed by atoms with Gasteiger partial charge < -0.3 is 9.84 Å². The number of carbonyl (C=O) groups excluding carboxylic acids is 1. The smallest absolute Gasteiger partial charge is 0.308 e. The van der Waals surface area contributed by atoms with Crippen molar-refractivity contribution in [2.45, 2.75) is 51.0 Å². The minimum Gasteiger partial charge on any atom is -0.465 e. The molecule has 2 bridgehead atoms. The van der Waals surface area contributed by atoms with Crippen LogP contribution in [-0.2, 0) is 16.0 Å². The zero-order valence-corrected chi connectivity index (χ0v) is 13.0. The number of aromatic nitrogens is 1. The van der Waals surface area contributed by atoms with Gasteiger partial charge in [0.1, 0.15) is 0 Å². The van der Waals surface area contributed by atoms with E-state index in [0.29, 0.717) is 18.4 Å². The number of carbonyl (C=O) groups is 1. The van der Waals surface area contributed by atoms with E-state index in [-0.39, 0.29) is 18.0 Å². The molecule has 0 radical (unpaired) electrons. The zero-order chi connectivity index (χ0) is 15.4. The Hall–Kier alpha value is -1.42. The molecule has 1 aromatic rings. The molecule has 1 N–H and O–H groups in total. The first-order valence-electron chi connectivity index (χ1n) is 8.44. The average molecular weight is 303 g/mol. The highest BCUT2D eigenvalue weighted by atomic mass is 16.5. The number of aliphatic hydroxyl groups is 1. The van der Waals surface area contributed by atoms with Crippen molar-refractivity contribution in [1.82, 2.24) is 4.98 Å². The van der Waals surface area contributed by atoms with Crippen molar-refractivity contribution in [1.29, 1.82) is 0 Å². The third kappa shape index (κ3) is 4.07. The fraction of sp³-hybridized carbons (Fsp3) is 0.667. The van der Waals surface area contributed by atoms with Crippen LogP contribution in [0.1, 0.15) is 44.1 Å². The lowest BCUT2D eigenvalue weighted by Gasteiger charge is -2.40. The van der Waals surface area contributed by atoms with Gasteiger partial charge in [-0.3, -0.25) is 9.78 Å². The lowest BCUT2D eigenvalue weighted by Crippen LogP contribution is -2.36. The molecule has 3 rings (SSSR count). The van der Waals surface area contributed by atoms with Crippen LogP contribution in [0.2, 0.25) is 0 Å². The largest absolute Gasteiger partial charge is 0.465 e. The van der Waals surface area contributed by atoms with Crippen LogP contribution in [0, 0.1) is 17.8 Å². The number of rotatable bonds is 5. The number of aryl methyl sites for hydroxylation is 1. The fourth-order valence-corrected chi connectivity index (χ4v) is 4.12. The lowest BCUT2D eigenvalue weighted by atomic mass is 9.67. The summed E-state index contributed by atoms with van der Waals surface area (Å²) in [7, 11) is 0. The molecule has 2 fully saturated rings. The number of fused-ring (bicyclic) bond motifs is 2. The highest BCUT2D eigenvalue weighted by Crippen LogP contribution is 2.42. The molecular formula is C18H25NO3. The van der Waals surface area contributed by atoms with E-state index in [1.54, 1.807) is 12.4 Å². The standard InChI is InChI=1S/C18H25NO3/c20-17-11-14-8-15(12-17)10-16(9-14)18(21)22-7-1-2-13-3-5-19-6-4-13/h3-6,14-17,20H,1-2,7-12H2/t14-,15+,16?,17?. The van der Waals surface area contributed by atoms with Crippen LogP contribution >= 0.6 is 0 Å². The minimum absolute atomic E-state index is 0.0270. The van der Waals surface area contributed by atoms with Gasteiger partial charge >= 0.3 is 5.97 Å². The van der Waals surface area contributed by atoms with Crippen molar-refractivity contribution >= 4 is 5.97 Å². The van der Waals surface area contributed by atoms with Gasteiger partial charge in [-0.05, 0) is 74.5 Å². The van der Waals surface area contributed by atoms with Gasteiger partial charge in [-0.15, -0.1) is 0 Å². The Bertz CT molecular complexity index is 472. The summed E-state index contributed by atoms with van der Waals surface area (Å²) in [6.07, 6.45) is 9.90. The molecule has 2 saturated carbocycles. The molecule has 1 heterocycles. The molecule has 1 aromatic heterocycles. The van der Waals surface area contributed by atoms with Gasteiger partial charge in [0.05, 0.1) is 18.6 Å². The van der Waals surface area contributed by atoms with Gasteiger partial charge in [0.25, 0.3) is 0 Å². The number of aliphatic hydroxyl groups excluding tert-OH is 1. The second kappa shape index (κ2) is 7.23. The molecule has 0 spiro atoms. The van der Waals surface area contributed by atoms with E-state index in [9.17, 15) is 9.90 Å². The highest BCUT2D eigenvalue weighted by molar-refractivity contribution is 5.72. The van der Waals surface area contributed by atoms with E-state index in [1.165, 1.54) is 12.0 Å². The third-order valence-corrected chi connectivity index (χ3v) is 5.05. The molecule has 2 unspecified atom stereocenters. The molecule has 4 heteroatoms. The SMILES string of the molecule is O=C(OCCCc1ccncc1)C1C[C@H]2CC(O)C[C@@H](C1)C2. The van der Waals surface area contributed by atoms with Crippen molar-refractivity contribution in [3.05, 3.63) is 30.1 Å². The summed E-state index contributed by atoms with van der Waals surface area (Å²) in [5, 5.41) is 9.80. The summed E-state index contributed by atoms with van der Waals surface area (Å²) < 4.78 is 5.48. The Labute approximate surface area is 131 Å². The predicted octanol–water partition coefficient (Wildman–Crippen LogP) is 2.74. The number of hydrogen-bond acceptors (Lipinski definition) is 4. The first kappa shape index (κ1) is 15.5. The Morgan fingerprint density at radius 2 is 1.82 bits per heavy atom. The molecule has 0 aromatic carbocycles. The lowest BCUT2D eigenvalue weighted by molar-refractivity contribution is -0.152. The van der Waals surface area contributed by atoms with Gasteiger partial charge in [0, 0.05) is 12.4 Å². The number of ether oxygens (including phenoxy) is 1. The molecule has 0 saturated heterocycles. The van der Waals surface area contributed by atoms with Crippen LogP contribution in [-0.4, -0.2) is 28.8 Å². The number of nitrogens with zero attached hydrogens (tertiary/aromatic N) is 1. The van der Waals surface area contributed by atoms with Gasteiger partial charge in [0.2, 0.25) is 0 Å². The fourth-order valence-electron chi connectivity index (χ4n) is 4.12. The first-order chi connectivity index (χ1) is 10.7. The van der Waals surface area contributed by atoms with Crippen molar-refractivity contribution in [2.24, 2.45) is 17.8 Å². The van der Waals surface area contributed by atoms with Crippen LogP contribution in [0.3, 0.4) is 0 Å². The Morgan fingerprint density at radius 1 is 1.14 bits per heavy atom. The maximum absolute atomic E-state index is 12.2. The van der Waals surface area contributed by atoms with Crippen LogP contribution in [0.5, 0.6) is 0 Å². The normalized spacial score (nSPS) is 30.8. The molecule has 0 amide bonds. The Kier molecular flexibility index (Phi) is 5.08. The third-order valence-electron chi connectivity index (χ3n) is 5.05. The maximum Gasteiger partial charge on any atom is 0.308 e. The first-order valence-corrected chi connectivity index (χ1v) is 8.44. The van der Waals surface area contributed by atoms with Gasteiger partial charge in [-0.25, -0.2) is 0 Å². The summed E-state index contributed by atoms with van der Waals surface area (Å²) in [5.41, 5.74) is 1.23. The van der Waals surface area contributed by atoms with E-state index in [4.69, 9.17) is 4.74 Å². The minimum atomic E-state index is -0.152. The average Bonchev–Trinajstić information content (AvgIpc) is 2.51.